The van der Waals surface area contributed by atoms with Crippen molar-refractivity contribution in [2.24, 2.45) is 0 Å². The molecule has 1 aliphatic carbocycles. The van der Waals surface area contributed by atoms with Crippen LogP contribution >= 0.6 is 0 Å². The molecule has 0 bridgehead atoms. The molecular weight excluding hydrogens is 429 g/mol. The number of amides is 1. The lowest BCUT2D eigenvalue weighted by atomic mass is 9.86. The Bertz CT molecular complexity index is 1210. The molecule has 2 aliphatic rings. The van der Waals surface area contributed by atoms with Gasteiger partial charge in [-0.15, -0.1) is 0 Å². The maximum Gasteiger partial charge on any atom is 0.418 e. The normalized spacial score (nSPS) is 19.7. The monoisotopic (exact) mass is 456 g/mol. The van der Waals surface area contributed by atoms with Crippen LogP contribution in [0.2, 0.25) is 0 Å². The number of hydrogen-bond acceptors (Lipinski definition) is 3. The molecule has 2 aromatic carbocycles. The summed E-state index contributed by atoms with van der Waals surface area (Å²) < 4.78 is 45.9. The highest BCUT2D eigenvalue weighted by Crippen LogP contribution is 2.45. The van der Waals surface area contributed by atoms with E-state index in [0.29, 0.717) is 35.9 Å². The van der Waals surface area contributed by atoms with E-state index in [1.54, 1.807) is 35.8 Å². The molecule has 174 valence electrons. The van der Waals surface area contributed by atoms with E-state index >= 15 is 0 Å². The van der Waals surface area contributed by atoms with Crippen molar-refractivity contribution < 1.29 is 18.0 Å². The van der Waals surface area contributed by atoms with Crippen LogP contribution in [0.4, 0.5) is 13.2 Å². The summed E-state index contributed by atoms with van der Waals surface area (Å²) in [5.41, 5.74) is 0.766. The quantitative estimate of drug-likeness (QED) is 0.598. The first kappa shape index (κ1) is 21.9. The molecule has 1 amide bonds. The number of benzene rings is 2. The number of likely N-dealkylation sites (tertiary alicyclic amines) is 1. The Balaban J connectivity index is 1.74. The van der Waals surface area contributed by atoms with Gasteiger partial charge in [-0.25, -0.2) is 4.98 Å². The highest BCUT2D eigenvalue weighted by Gasteiger charge is 2.43. The van der Waals surface area contributed by atoms with E-state index in [0.717, 1.165) is 19.4 Å². The zero-order valence-corrected chi connectivity index (χ0v) is 18.7. The van der Waals surface area contributed by atoms with Crippen molar-refractivity contribution in [2.75, 3.05) is 20.1 Å². The van der Waals surface area contributed by atoms with Gasteiger partial charge in [-0.1, -0.05) is 18.6 Å². The molecule has 8 heteroatoms. The van der Waals surface area contributed by atoms with Crippen LogP contribution in [-0.4, -0.2) is 46.5 Å². The number of fused-ring (bicyclic) bond motifs is 1. The average molecular weight is 457 g/mol. The second-order valence-electron chi connectivity index (χ2n) is 9.05. The molecule has 3 aromatic rings. The SMILES string of the molecule is CNC(=O)c1ccc(-n2c(C)nc3ccccc32)c(C(F)(F)F)c1[C@H]1CCN(C2CCC2)C1. The van der Waals surface area contributed by atoms with Crippen LogP contribution in [0.5, 0.6) is 0 Å². The molecule has 1 atom stereocenters. The molecule has 0 unspecified atom stereocenters. The molecule has 0 radical (unpaired) electrons. The molecule has 1 N–H and O–H groups in total. The number of aromatic nitrogens is 2. The average Bonchev–Trinajstić information content (AvgIpc) is 3.34. The third kappa shape index (κ3) is 3.70. The number of aryl methyl sites for hydroxylation is 1. The Labute approximate surface area is 190 Å². The molecular formula is C25H27F3N4O. The first-order chi connectivity index (χ1) is 15.8. The van der Waals surface area contributed by atoms with Crippen molar-refractivity contribution in [3.8, 4) is 5.69 Å². The maximum absolute atomic E-state index is 14.8. The van der Waals surface area contributed by atoms with Gasteiger partial charge < -0.3 is 5.32 Å². The molecule has 1 aromatic heterocycles. The first-order valence-electron chi connectivity index (χ1n) is 11.4. The fraction of sp³-hybridized carbons (Fsp3) is 0.440. The molecule has 1 aliphatic heterocycles. The molecule has 1 saturated heterocycles. The van der Waals surface area contributed by atoms with Gasteiger partial charge >= 0.3 is 6.18 Å². The summed E-state index contributed by atoms with van der Waals surface area (Å²) in [6.45, 7) is 3.02. The molecule has 1 saturated carbocycles. The van der Waals surface area contributed by atoms with Gasteiger partial charge in [0.25, 0.3) is 5.91 Å². The second-order valence-corrected chi connectivity index (χ2v) is 9.05. The highest BCUT2D eigenvalue weighted by molar-refractivity contribution is 5.97. The Kier molecular flexibility index (Phi) is 5.43. The van der Waals surface area contributed by atoms with E-state index in [2.05, 4.69) is 15.2 Å². The van der Waals surface area contributed by atoms with E-state index in [1.165, 1.54) is 19.5 Å². The van der Waals surface area contributed by atoms with E-state index in [-0.39, 0.29) is 22.7 Å². The minimum atomic E-state index is -4.63. The number of carbonyl (C=O) groups is 1. The zero-order valence-electron chi connectivity index (χ0n) is 18.7. The van der Waals surface area contributed by atoms with Crippen molar-refractivity contribution >= 4 is 16.9 Å². The van der Waals surface area contributed by atoms with Crippen molar-refractivity contribution in [1.29, 1.82) is 0 Å². The van der Waals surface area contributed by atoms with Gasteiger partial charge in [0.05, 0.1) is 22.3 Å². The molecule has 0 spiro atoms. The van der Waals surface area contributed by atoms with Crippen molar-refractivity contribution in [3.63, 3.8) is 0 Å². The number of imidazole rings is 1. The number of alkyl halides is 3. The largest absolute Gasteiger partial charge is 0.418 e. The third-order valence-corrected chi connectivity index (χ3v) is 7.17. The summed E-state index contributed by atoms with van der Waals surface area (Å²) in [5, 5.41) is 2.54. The first-order valence-corrected chi connectivity index (χ1v) is 11.4. The van der Waals surface area contributed by atoms with Gasteiger partial charge in [0.15, 0.2) is 0 Å². The summed E-state index contributed by atoms with van der Waals surface area (Å²) in [6, 6.07) is 10.6. The molecule has 5 rings (SSSR count). The number of rotatable bonds is 4. The highest BCUT2D eigenvalue weighted by atomic mass is 19.4. The Morgan fingerprint density at radius 3 is 2.55 bits per heavy atom. The van der Waals surface area contributed by atoms with Crippen LogP contribution in [-0.2, 0) is 6.18 Å². The Morgan fingerprint density at radius 1 is 1.12 bits per heavy atom. The number of halogens is 3. The lowest BCUT2D eigenvalue weighted by Crippen LogP contribution is -2.38. The minimum absolute atomic E-state index is 0.0263. The van der Waals surface area contributed by atoms with Crippen LogP contribution in [0.1, 0.15) is 58.9 Å². The van der Waals surface area contributed by atoms with Crippen molar-refractivity contribution in [3.05, 3.63) is 58.9 Å². The second kappa shape index (κ2) is 8.17. The van der Waals surface area contributed by atoms with Crippen LogP contribution in [0.15, 0.2) is 36.4 Å². The summed E-state index contributed by atoms with van der Waals surface area (Å²) in [7, 11) is 1.45. The summed E-state index contributed by atoms with van der Waals surface area (Å²) in [5.74, 6) is -0.371. The summed E-state index contributed by atoms with van der Waals surface area (Å²) in [6.07, 6.45) is -0.651. The number of nitrogens with zero attached hydrogens (tertiary/aromatic N) is 3. The standard InChI is InChI=1S/C25H27F3N4O/c1-15-30-19-8-3-4-9-20(19)32(15)21-11-10-18(24(33)29-2)22(23(21)25(26,27)28)16-12-13-31(14-16)17-6-5-7-17/h3-4,8-11,16-17H,5-7,12-14H2,1-2H3,(H,29,33)/t16-/m0/s1. The number of hydrogen-bond donors (Lipinski definition) is 1. The molecule has 5 nitrogen and oxygen atoms in total. The Hall–Kier alpha value is -2.87. The predicted molar refractivity (Wildman–Crippen MR) is 121 cm³/mol. The molecule has 2 fully saturated rings. The lowest BCUT2D eigenvalue weighted by Gasteiger charge is -2.35. The van der Waals surface area contributed by atoms with E-state index < -0.39 is 17.6 Å². The van der Waals surface area contributed by atoms with E-state index in [4.69, 9.17) is 0 Å². The van der Waals surface area contributed by atoms with E-state index in [1.807, 2.05) is 6.07 Å². The minimum Gasteiger partial charge on any atom is -0.355 e. The van der Waals surface area contributed by atoms with Crippen molar-refractivity contribution in [2.45, 2.75) is 50.7 Å². The third-order valence-electron chi connectivity index (χ3n) is 7.17. The maximum atomic E-state index is 14.8. The number of carbonyl (C=O) groups excluding carboxylic acids is 1. The smallest absolute Gasteiger partial charge is 0.355 e. The van der Waals surface area contributed by atoms with Gasteiger partial charge in [-0.05, 0) is 68.5 Å². The van der Waals surface area contributed by atoms with Crippen molar-refractivity contribution in [1.82, 2.24) is 19.8 Å². The van der Waals surface area contributed by atoms with E-state index in [9.17, 15) is 18.0 Å². The number of nitrogens with one attached hydrogen (secondary N) is 1. The summed E-state index contributed by atoms with van der Waals surface area (Å²) >= 11 is 0. The van der Waals surface area contributed by atoms with Crippen LogP contribution < -0.4 is 5.32 Å². The fourth-order valence-corrected chi connectivity index (χ4v) is 5.41. The molecule has 33 heavy (non-hydrogen) atoms. The zero-order chi connectivity index (χ0) is 23.3. The summed E-state index contributed by atoms with van der Waals surface area (Å²) in [4.78, 5) is 19.5. The molecule has 2 heterocycles. The van der Waals surface area contributed by atoms with Gasteiger partial charge in [0.2, 0.25) is 0 Å². The predicted octanol–water partition coefficient (Wildman–Crippen LogP) is 5.05. The van der Waals surface area contributed by atoms with Gasteiger partial charge in [0, 0.05) is 25.2 Å². The van der Waals surface area contributed by atoms with Gasteiger partial charge in [0.1, 0.15) is 5.82 Å². The van der Waals surface area contributed by atoms with Gasteiger partial charge in [-0.2, -0.15) is 13.2 Å². The number of para-hydroxylation sites is 2. The fourth-order valence-electron chi connectivity index (χ4n) is 5.41. The Morgan fingerprint density at radius 2 is 1.88 bits per heavy atom. The lowest BCUT2D eigenvalue weighted by molar-refractivity contribution is -0.138. The topological polar surface area (TPSA) is 50.2 Å². The van der Waals surface area contributed by atoms with Gasteiger partial charge in [-0.3, -0.25) is 14.3 Å². The van der Waals surface area contributed by atoms with Crippen LogP contribution in [0, 0.1) is 6.92 Å². The van der Waals surface area contributed by atoms with Crippen LogP contribution in [0.3, 0.4) is 0 Å². The van der Waals surface area contributed by atoms with Crippen LogP contribution in [0.25, 0.3) is 16.7 Å².